The number of ether oxygens (including phenoxy) is 2. The lowest BCUT2D eigenvalue weighted by atomic mass is 9.87. The van der Waals surface area contributed by atoms with Crippen LogP contribution >= 0.6 is 22.6 Å². The molecule has 1 aliphatic carbocycles. The number of hydrogen-bond acceptors (Lipinski definition) is 7. The molecule has 3 unspecified atom stereocenters. The molecule has 0 bridgehead atoms. The van der Waals surface area contributed by atoms with Gasteiger partial charge in [0, 0.05) is 31.0 Å². The van der Waals surface area contributed by atoms with Crippen LogP contribution in [0.4, 0.5) is 0 Å². The van der Waals surface area contributed by atoms with E-state index in [0.717, 1.165) is 25.7 Å². The summed E-state index contributed by atoms with van der Waals surface area (Å²) in [6, 6.07) is 2.75. The Labute approximate surface area is 233 Å². The number of unbranched alkanes of at least 4 members (excludes halogenated alkanes) is 3. The van der Waals surface area contributed by atoms with E-state index in [1.807, 2.05) is 13.8 Å². The van der Waals surface area contributed by atoms with Crippen molar-refractivity contribution in [3.05, 3.63) is 32.9 Å². The molecule has 208 valence electrons. The molecule has 0 saturated heterocycles. The van der Waals surface area contributed by atoms with Crippen LogP contribution in [0.2, 0.25) is 0 Å². The van der Waals surface area contributed by atoms with Gasteiger partial charge in [0.05, 0.1) is 29.9 Å². The average Bonchev–Trinajstić information content (AvgIpc) is 2.89. The van der Waals surface area contributed by atoms with Crippen molar-refractivity contribution in [2.24, 2.45) is 5.92 Å². The van der Waals surface area contributed by atoms with Gasteiger partial charge in [0.2, 0.25) is 11.8 Å². The fraction of sp³-hybridized carbons (Fsp3) is 0.630. The maximum Gasteiger partial charge on any atom is 0.247 e. The second-order valence-corrected chi connectivity index (χ2v) is 10.7. The first kappa shape index (κ1) is 31.3. The normalized spacial score (nSPS) is 19.4. The first-order valence-corrected chi connectivity index (χ1v) is 14.0. The molecule has 3 atom stereocenters. The van der Waals surface area contributed by atoms with Crippen LogP contribution in [0.15, 0.2) is 23.8 Å². The molecular weight excluding hydrogens is 591 g/mol. The van der Waals surface area contributed by atoms with Gasteiger partial charge in [0.1, 0.15) is 12.2 Å². The summed E-state index contributed by atoms with van der Waals surface area (Å²) in [5, 5.41) is 32.9. The molecule has 0 spiro atoms. The van der Waals surface area contributed by atoms with E-state index in [9.17, 15) is 19.8 Å². The monoisotopic (exact) mass is 632 g/mol. The van der Waals surface area contributed by atoms with Gasteiger partial charge in [-0.25, -0.2) is 0 Å². The van der Waals surface area contributed by atoms with Gasteiger partial charge >= 0.3 is 0 Å². The minimum Gasteiger partial charge on any atom is -0.493 e. The number of rotatable bonds is 14. The van der Waals surface area contributed by atoms with E-state index in [4.69, 9.17) is 14.6 Å². The predicted octanol–water partition coefficient (Wildman–Crippen LogP) is 2.77. The standard InChI is InChI=1S/C27H41IN2O7/c1-5-6-7-8-10-30(27(35)17(2)3)21-14-19(26(34)29-9-11-31)15-22(24(21)33)37-25-20(28)12-18(16-32)13-23(25)36-4/h12-13,15,17,21-22,24,31-33H,5-11,14,16H2,1-4H3,(H,29,34). The molecule has 4 N–H and O–H groups in total. The number of benzene rings is 1. The first-order valence-electron chi connectivity index (χ1n) is 12.9. The zero-order valence-electron chi connectivity index (χ0n) is 22.2. The Hall–Kier alpha value is -1.89. The minimum absolute atomic E-state index is 0.0872. The van der Waals surface area contributed by atoms with E-state index in [-0.39, 0.29) is 43.9 Å². The zero-order valence-corrected chi connectivity index (χ0v) is 24.4. The lowest BCUT2D eigenvalue weighted by molar-refractivity contribution is -0.142. The fourth-order valence-corrected chi connectivity index (χ4v) is 5.17. The van der Waals surface area contributed by atoms with Gasteiger partial charge in [-0.1, -0.05) is 40.0 Å². The molecule has 0 heterocycles. The minimum atomic E-state index is -1.10. The Kier molecular flexibility index (Phi) is 13.1. The van der Waals surface area contributed by atoms with Crippen molar-refractivity contribution in [2.45, 2.75) is 77.7 Å². The summed E-state index contributed by atoms with van der Waals surface area (Å²) in [6.07, 6.45) is 3.60. The summed E-state index contributed by atoms with van der Waals surface area (Å²) in [7, 11) is 1.49. The second-order valence-electron chi connectivity index (χ2n) is 9.53. The van der Waals surface area contributed by atoms with Gasteiger partial charge in [-0.3, -0.25) is 9.59 Å². The maximum absolute atomic E-state index is 13.3. The first-order chi connectivity index (χ1) is 17.7. The van der Waals surface area contributed by atoms with Gasteiger partial charge in [-0.15, -0.1) is 0 Å². The molecule has 1 aliphatic rings. The number of aliphatic hydroxyl groups excluding tert-OH is 3. The van der Waals surface area contributed by atoms with E-state index in [1.165, 1.54) is 7.11 Å². The van der Waals surface area contributed by atoms with Crippen LogP contribution in [0, 0.1) is 9.49 Å². The molecule has 1 aromatic carbocycles. The topological polar surface area (TPSA) is 129 Å². The summed E-state index contributed by atoms with van der Waals surface area (Å²) in [5.41, 5.74) is 1.03. The third-order valence-electron chi connectivity index (χ3n) is 6.37. The van der Waals surface area contributed by atoms with Gasteiger partial charge < -0.3 is 35.0 Å². The Bertz CT molecular complexity index is 938. The molecule has 10 heteroatoms. The highest BCUT2D eigenvalue weighted by atomic mass is 127. The van der Waals surface area contributed by atoms with Gasteiger partial charge in [-0.2, -0.15) is 0 Å². The highest BCUT2D eigenvalue weighted by molar-refractivity contribution is 14.1. The number of hydrogen-bond donors (Lipinski definition) is 4. The molecule has 2 amide bonds. The molecule has 2 rings (SSSR count). The van der Waals surface area contributed by atoms with Crippen LogP contribution in [0.1, 0.15) is 58.4 Å². The van der Waals surface area contributed by atoms with Crippen molar-refractivity contribution in [2.75, 3.05) is 26.8 Å². The van der Waals surface area contributed by atoms with Crippen molar-refractivity contribution in [1.82, 2.24) is 10.2 Å². The second kappa shape index (κ2) is 15.5. The molecule has 0 radical (unpaired) electrons. The summed E-state index contributed by atoms with van der Waals surface area (Å²) < 4.78 is 12.4. The number of amides is 2. The van der Waals surface area contributed by atoms with Crippen LogP contribution in [0.3, 0.4) is 0 Å². The van der Waals surface area contributed by atoms with E-state index < -0.39 is 18.2 Å². The Morgan fingerprint density at radius 2 is 1.95 bits per heavy atom. The van der Waals surface area contributed by atoms with Crippen molar-refractivity contribution < 1.29 is 34.4 Å². The largest absolute Gasteiger partial charge is 0.493 e. The van der Waals surface area contributed by atoms with Crippen LogP contribution in [-0.2, 0) is 16.2 Å². The van der Waals surface area contributed by atoms with Crippen molar-refractivity contribution in [3.63, 3.8) is 0 Å². The molecule has 0 saturated carbocycles. The number of methoxy groups -OCH3 is 1. The predicted molar refractivity (Wildman–Crippen MR) is 149 cm³/mol. The van der Waals surface area contributed by atoms with Crippen LogP contribution in [-0.4, -0.2) is 77.1 Å². The average molecular weight is 633 g/mol. The third kappa shape index (κ3) is 8.56. The highest BCUT2D eigenvalue weighted by Crippen LogP contribution is 2.37. The number of carbonyl (C=O) groups is 2. The Balaban J connectivity index is 2.47. The van der Waals surface area contributed by atoms with Crippen LogP contribution < -0.4 is 14.8 Å². The Morgan fingerprint density at radius 1 is 1.22 bits per heavy atom. The maximum atomic E-state index is 13.3. The van der Waals surface area contributed by atoms with Crippen LogP contribution in [0.25, 0.3) is 0 Å². The fourth-order valence-electron chi connectivity index (χ4n) is 4.37. The van der Waals surface area contributed by atoms with Crippen molar-refractivity contribution >= 4 is 34.4 Å². The Morgan fingerprint density at radius 3 is 2.54 bits per heavy atom. The number of aliphatic hydroxyl groups is 3. The summed E-state index contributed by atoms with van der Waals surface area (Å²) >= 11 is 2.07. The quantitative estimate of drug-likeness (QED) is 0.184. The third-order valence-corrected chi connectivity index (χ3v) is 7.17. The molecule has 37 heavy (non-hydrogen) atoms. The van der Waals surface area contributed by atoms with Crippen molar-refractivity contribution in [3.8, 4) is 11.5 Å². The van der Waals surface area contributed by atoms with Gasteiger partial charge in [0.25, 0.3) is 0 Å². The highest BCUT2D eigenvalue weighted by Gasteiger charge is 2.41. The lowest BCUT2D eigenvalue weighted by Crippen LogP contribution is -2.56. The summed E-state index contributed by atoms with van der Waals surface area (Å²) in [5.74, 6) is 0.0265. The number of nitrogens with one attached hydrogen (secondary N) is 1. The van der Waals surface area contributed by atoms with Gasteiger partial charge in [0.15, 0.2) is 11.5 Å². The summed E-state index contributed by atoms with van der Waals surface area (Å²) in [6.45, 7) is 5.97. The number of nitrogens with zero attached hydrogens (tertiary/aromatic N) is 1. The molecule has 9 nitrogen and oxygen atoms in total. The van der Waals surface area contributed by atoms with E-state index >= 15 is 0 Å². The molecule has 0 aliphatic heterocycles. The number of carbonyl (C=O) groups excluding carboxylic acids is 2. The molecule has 1 aromatic rings. The molecule has 0 fully saturated rings. The summed E-state index contributed by atoms with van der Waals surface area (Å²) in [4.78, 5) is 27.9. The smallest absolute Gasteiger partial charge is 0.247 e. The van der Waals surface area contributed by atoms with Gasteiger partial charge in [-0.05, 0) is 52.8 Å². The molecular formula is C27H41IN2O7. The van der Waals surface area contributed by atoms with Crippen LogP contribution in [0.5, 0.6) is 11.5 Å². The van der Waals surface area contributed by atoms with E-state index in [1.54, 1.807) is 23.1 Å². The SMILES string of the molecule is CCCCCCN(C(=O)C(C)C)C1CC(C(=O)NCCO)=CC(Oc2c(I)cc(CO)cc2OC)C1O. The molecule has 0 aromatic heterocycles. The van der Waals surface area contributed by atoms with E-state index in [0.29, 0.717) is 32.8 Å². The van der Waals surface area contributed by atoms with E-state index in [2.05, 4.69) is 34.8 Å². The zero-order chi connectivity index (χ0) is 27.5. The van der Waals surface area contributed by atoms with Crippen molar-refractivity contribution in [1.29, 1.82) is 0 Å². The number of halogens is 1. The lowest BCUT2D eigenvalue weighted by Gasteiger charge is -2.41.